The highest BCUT2D eigenvalue weighted by Crippen LogP contribution is 2.42. The van der Waals surface area contributed by atoms with Crippen LogP contribution in [0.1, 0.15) is 49.4 Å². The number of aliphatic imine (C=N–C) groups is 1. The average molecular weight is 527 g/mol. The summed E-state index contributed by atoms with van der Waals surface area (Å²) in [7, 11) is 3.48. The first-order valence-corrected chi connectivity index (χ1v) is 13.0. The van der Waals surface area contributed by atoms with Crippen LogP contribution >= 0.6 is 0 Å². The Morgan fingerprint density at radius 2 is 1.87 bits per heavy atom. The summed E-state index contributed by atoms with van der Waals surface area (Å²) in [5, 5.41) is 14.4. The third-order valence-electron chi connectivity index (χ3n) is 6.58. The molecule has 2 N–H and O–H groups in total. The number of hydrogen-bond donors (Lipinski definition) is 2. The number of nitrogens with zero attached hydrogens (tertiary/aromatic N) is 7. The van der Waals surface area contributed by atoms with Crippen molar-refractivity contribution in [2.24, 2.45) is 4.99 Å². The molecule has 4 aromatic rings. The molecule has 2 aromatic heterocycles. The van der Waals surface area contributed by atoms with Crippen molar-refractivity contribution < 1.29 is 9.53 Å². The first-order chi connectivity index (χ1) is 19.0. The summed E-state index contributed by atoms with van der Waals surface area (Å²) in [6.07, 6.45) is 3.86. The molecule has 2 aromatic carbocycles. The number of carbonyl (C=O) groups is 1. The van der Waals surface area contributed by atoms with E-state index in [1.165, 1.54) is 0 Å². The summed E-state index contributed by atoms with van der Waals surface area (Å²) in [5.74, 6) is 1.94. The number of amidine groups is 1. The van der Waals surface area contributed by atoms with E-state index < -0.39 is 6.10 Å². The largest absolute Gasteiger partial charge is 0.476 e. The van der Waals surface area contributed by atoms with Gasteiger partial charge in [0.15, 0.2) is 5.69 Å². The van der Waals surface area contributed by atoms with Crippen molar-refractivity contribution in [3.8, 4) is 5.75 Å². The number of quaternary nitrogens is 1. The highest BCUT2D eigenvalue weighted by Gasteiger charge is 2.46. The van der Waals surface area contributed by atoms with E-state index in [9.17, 15) is 4.79 Å². The number of aromatic amines is 1. The van der Waals surface area contributed by atoms with Crippen molar-refractivity contribution in [3.05, 3.63) is 90.0 Å². The molecule has 0 aliphatic carbocycles. The van der Waals surface area contributed by atoms with E-state index in [4.69, 9.17) is 9.73 Å². The zero-order valence-corrected chi connectivity index (χ0v) is 22.3. The molecular formula is C28H32N9O2+. The topological polar surface area (TPSA) is 121 Å². The van der Waals surface area contributed by atoms with Gasteiger partial charge in [0.25, 0.3) is 0 Å². The quantitative estimate of drug-likeness (QED) is 0.289. The molecule has 2 amide bonds. The molecule has 0 saturated carbocycles. The van der Waals surface area contributed by atoms with Crippen LogP contribution in [-0.2, 0) is 6.54 Å². The van der Waals surface area contributed by atoms with Gasteiger partial charge in [-0.1, -0.05) is 36.8 Å². The van der Waals surface area contributed by atoms with E-state index >= 15 is 0 Å². The maximum atomic E-state index is 13.0. The molecular weight excluding hydrogens is 494 g/mol. The number of amides is 2. The number of carbonyl (C=O) groups excluding carboxylic acids is 1. The monoisotopic (exact) mass is 526 g/mol. The van der Waals surface area contributed by atoms with Gasteiger partial charge in [-0.3, -0.25) is 4.98 Å². The van der Waals surface area contributed by atoms with E-state index in [2.05, 4.69) is 38.0 Å². The number of ether oxygens (including phenoxy) is 1. The minimum Gasteiger partial charge on any atom is -0.476 e. The highest BCUT2D eigenvalue weighted by molar-refractivity contribution is 6.03. The third kappa shape index (κ3) is 5.48. The molecule has 0 fully saturated rings. The van der Waals surface area contributed by atoms with Crippen molar-refractivity contribution in [3.63, 3.8) is 0 Å². The van der Waals surface area contributed by atoms with E-state index in [1.54, 1.807) is 25.2 Å². The number of hydrogen-bond acceptors (Lipinski definition) is 7. The summed E-state index contributed by atoms with van der Waals surface area (Å²) in [6, 6.07) is 21.2. The van der Waals surface area contributed by atoms with Crippen LogP contribution in [0.15, 0.2) is 77.9 Å². The fourth-order valence-corrected chi connectivity index (χ4v) is 4.57. The van der Waals surface area contributed by atoms with Gasteiger partial charge in [0, 0.05) is 38.3 Å². The van der Waals surface area contributed by atoms with Crippen molar-refractivity contribution in [2.45, 2.75) is 38.8 Å². The Morgan fingerprint density at radius 1 is 1.08 bits per heavy atom. The SMILES string of the molecule is CCCCC1=Nc2ccccc2[N+]1(Cc1ccc(OC(c2ccccn2)c2nn[nH]n2)cc1)NC(=O)N(C)C. The molecule has 0 saturated heterocycles. The predicted molar refractivity (Wildman–Crippen MR) is 148 cm³/mol. The van der Waals surface area contributed by atoms with Gasteiger partial charge in [-0.15, -0.1) is 14.8 Å². The van der Waals surface area contributed by atoms with Gasteiger partial charge in [-0.2, -0.15) is 15.6 Å². The maximum Gasteiger partial charge on any atom is 0.361 e. The lowest BCUT2D eigenvalue weighted by atomic mass is 10.1. The maximum absolute atomic E-state index is 13.0. The Bertz CT molecular complexity index is 1420. The lowest BCUT2D eigenvalue weighted by Crippen LogP contribution is -2.65. The Balaban J connectivity index is 1.45. The highest BCUT2D eigenvalue weighted by atomic mass is 16.5. The van der Waals surface area contributed by atoms with Crippen LogP contribution in [0.5, 0.6) is 5.75 Å². The van der Waals surface area contributed by atoms with E-state index in [1.807, 2.05) is 66.7 Å². The van der Waals surface area contributed by atoms with Crippen molar-refractivity contribution in [1.82, 2.24) is 40.5 Å². The summed E-state index contributed by atoms with van der Waals surface area (Å²) in [4.78, 5) is 24.0. The first kappa shape index (κ1) is 26.0. The molecule has 3 heterocycles. The molecule has 5 rings (SSSR count). The number of fused-ring (bicyclic) bond motifs is 1. The fourth-order valence-electron chi connectivity index (χ4n) is 4.57. The molecule has 11 nitrogen and oxygen atoms in total. The van der Waals surface area contributed by atoms with E-state index in [0.717, 1.165) is 42.0 Å². The Labute approximate surface area is 227 Å². The molecule has 2 unspecified atom stereocenters. The molecule has 39 heavy (non-hydrogen) atoms. The zero-order valence-electron chi connectivity index (χ0n) is 22.3. The number of pyridine rings is 1. The number of tetrazole rings is 1. The van der Waals surface area contributed by atoms with Gasteiger partial charge >= 0.3 is 6.03 Å². The minimum absolute atomic E-state index is 0.146. The molecule has 1 aliphatic rings. The van der Waals surface area contributed by atoms with Crippen LogP contribution in [0.4, 0.5) is 16.2 Å². The lowest BCUT2D eigenvalue weighted by molar-refractivity contribution is 0.191. The summed E-state index contributed by atoms with van der Waals surface area (Å²) in [6.45, 7) is 2.65. The van der Waals surface area contributed by atoms with Crippen LogP contribution in [0.25, 0.3) is 0 Å². The Kier molecular flexibility index (Phi) is 7.60. The lowest BCUT2D eigenvalue weighted by Gasteiger charge is -2.35. The van der Waals surface area contributed by atoms with E-state index in [0.29, 0.717) is 23.8 Å². The van der Waals surface area contributed by atoms with Gasteiger partial charge < -0.3 is 9.64 Å². The van der Waals surface area contributed by atoms with Crippen molar-refractivity contribution in [1.29, 1.82) is 0 Å². The van der Waals surface area contributed by atoms with Gasteiger partial charge in [-0.05, 0) is 48.9 Å². The Hall–Kier alpha value is -4.64. The number of nitrogens with one attached hydrogen (secondary N) is 2. The summed E-state index contributed by atoms with van der Waals surface area (Å²) >= 11 is 0. The predicted octanol–water partition coefficient (Wildman–Crippen LogP) is 4.69. The van der Waals surface area contributed by atoms with Gasteiger partial charge in [0.05, 0.1) is 5.69 Å². The van der Waals surface area contributed by atoms with Crippen LogP contribution in [0, 0.1) is 0 Å². The molecule has 2 atom stereocenters. The second kappa shape index (κ2) is 11.4. The normalized spacial score (nSPS) is 16.7. The number of H-pyrrole nitrogens is 1. The molecule has 200 valence electrons. The standard InChI is InChI=1S/C28H31N9O2/c1-4-5-13-25-30-22-10-6-7-12-24(22)37(25,33-28(38)36(2)3)19-20-14-16-21(17-15-20)39-26(27-31-34-35-32-27)23-11-8-9-18-29-23/h6-12,14-18,26H,4-5,13,19H2,1-3H3,(H-,31,32,33,34,35,38)/p+1. The number of unbranched alkanes of at least 4 members (excludes halogenated alkanes) is 1. The molecule has 0 spiro atoms. The first-order valence-electron chi connectivity index (χ1n) is 13.0. The molecule has 1 aliphatic heterocycles. The second-order valence-electron chi connectivity index (χ2n) is 9.57. The number of para-hydroxylation sites is 2. The van der Waals surface area contributed by atoms with Crippen LogP contribution in [0.3, 0.4) is 0 Å². The molecule has 0 radical (unpaired) electrons. The van der Waals surface area contributed by atoms with E-state index in [-0.39, 0.29) is 10.6 Å². The second-order valence-corrected chi connectivity index (χ2v) is 9.57. The number of urea groups is 1. The summed E-state index contributed by atoms with van der Waals surface area (Å²) < 4.78 is 6.41. The molecule has 11 heteroatoms. The summed E-state index contributed by atoms with van der Waals surface area (Å²) in [5.41, 5.74) is 6.78. The van der Waals surface area contributed by atoms with Gasteiger partial charge in [0.2, 0.25) is 17.8 Å². The van der Waals surface area contributed by atoms with Gasteiger partial charge in [-0.25, -0.2) is 4.79 Å². The minimum atomic E-state index is -0.619. The van der Waals surface area contributed by atoms with Gasteiger partial charge in [0.1, 0.15) is 18.0 Å². The fraction of sp³-hybridized carbons (Fsp3) is 0.286. The van der Waals surface area contributed by atoms with Crippen molar-refractivity contribution >= 4 is 23.2 Å². The number of benzene rings is 2. The number of aromatic nitrogens is 5. The van der Waals surface area contributed by atoms with Crippen LogP contribution in [0.2, 0.25) is 0 Å². The average Bonchev–Trinajstić information content (AvgIpc) is 3.59. The van der Waals surface area contributed by atoms with Crippen LogP contribution in [-0.4, -0.2) is 56.5 Å². The zero-order chi connectivity index (χ0) is 27.2. The number of rotatable bonds is 10. The van der Waals surface area contributed by atoms with Crippen molar-refractivity contribution in [2.75, 3.05) is 14.1 Å². The smallest absolute Gasteiger partial charge is 0.361 e. The third-order valence-corrected chi connectivity index (χ3v) is 6.58. The molecule has 0 bridgehead atoms. The van der Waals surface area contributed by atoms with Crippen LogP contribution < -0.4 is 14.8 Å². The Morgan fingerprint density at radius 3 is 2.56 bits per heavy atom.